The fourth-order valence-electron chi connectivity index (χ4n) is 3.41. The Hall–Kier alpha value is -2.79. The molecule has 3 aromatic rings. The minimum atomic E-state index is -0.596. The second kappa shape index (κ2) is 13.2. The van der Waals surface area contributed by atoms with Crippen LogP contribution in [0.25, 0.3) is 17.2 Å². The largest absolute Gasteiger partial charge is 0.490 e. The van der Waals surface area contributed by atoms with E-state index in [2.05, 4.69) is 0 Å². The molecule has 3 aromatic carbocycles. The molecule has 0 saturated carbocycles. The van der Waals surface area contributed by atoms with Crippen LogP contribution >= 0.6 is 23.2 Å². The maximum Gasteiger partial charge on any atom is 0.335 e. The van der Waals surface area contributed by atoms with Crippen LogP contribution in [0.4, 0.5) is 0 Å². The van der Waals surface area contributed by atoms with Crippen molar-refractivity contribution >= 4 is 35.2 Å². The van der Waals surface area contributed by atoms with E-state index >= 15 is 0 Å². The number of esters is 1. The minimum Gasteiger partial charge on any atom is -0.490 e. The van der Waals surface area contributed by atoms with Gasteiger partial charge in [-0.1, -0.05) is 77.8 Å². The molecule has 0 radical (unpaired) electrons. The van der Waals surface area contributed by atoms with E-state index in [-0.39, 0.29) is 5.97 Å². The van der Waals surface area contributed by atoms with E-state index in [1.165, 1.54) is 0 Å². The van der Waals surface area contributed by atoms with E-state index in [0.29, 0.717) is 36.3 Å². The van der Waals surface area contributed by atoms with Crippen LogP contribution in [0.2, 0.25) is 10.0 Å². The first-order valence-corrected chi connectivity index (χ1v) is 12.0. The normalized spacial score (nSPS) is 12.0. The van der Waals surface area contributed by atoms with Crippen molar-refractivity contribution in [2.75, 3.05) is 19.8 Å². The van der Waals surface area contributed by atoms with Gasteiger partial charge in [-0.3, -0.25) is 0 Å². The average Bonchev–Trinajstić information content (AvgIpc) is 2.85. The SMILES string of the molecule is CCOC(=O)C(Cc1ccc(OCC=Cc2ccc(-c3cccc(Cl)c3Cl)cc2)cc1)OCC. The molecular formula is C28H28Cl2O4. The molecule has 178 valence electrons. The number of ether oxygens (including phenoxy) is 3. The Morgan fingerprint density at radius 3 is 2.35 bits per heavy atom. The Morgan fingerprint density at radius 2 is 1.68 bits per heavy atom. The van der Waals surface area contributed by atoms with Crippen LogP contribution in [0.1, 0.15) is 25.0 Å². The molecule has 0 heterocycles. The van der Waals surface area contributed by atoms with Crippen LogP contribution in [0.3, 0.4) is 0 Å². The molecule has 0 aliphatic carbocycles. The lowest BCUT2D eigenvalue weighted by atomic mass is 10.0. The van der Waals surface area contributed by atoms with Crippen LogP contribution in [0.5, 0.6) is 5.75 Å². The van der Waals surface area contributed by atoms with Crippen LogP contribution in [0, 0.1) is 0 Å². The number of hydrogen-bond donors (Lipinski definition) is 0. The van der Waals surface area contributed by atoms with E-state index in [0.717, 1.165) is 28.0 Å². The zero-order valence-electron chi connectivity index (χ0n) is 19.3. The summed E-state index contributed by atoms with van der Waals surface area (Å²) in [5, 5.41) is 1.10. The molecule has 0 aliphatic rings. The molecule has 0 amide bonds. The van der Waals surface area contributed by atoms with Crippen LogP contribution in [0.15, 0.2) is 72.8 Å². The lowest BCUT2D eigenvalue weighted by Crippen LogP contribution is -2.28. The van der Waals surface area contributed by atoms with Gasteiger partial charge >= 0.3 is 5.97 Å². The summed E-state index contributed by atoms with van der Waals surface area (Å²) in [6.07, 6.45) is 3.83. The molecule has 1 atom stereocenters. The molecule has 0 saturated heterocycles. The van der Waals surface area contributed by atoms with E-state index < -0.39 is 6.10 Å². The Kier molecular flexibility index (Phi) is 10.0. The topological polar surface area (TPSA) is 44.8 Å². The summed E-state index contributed by atoms with van der Waals surface area (Å²) < 4.78 is 16.4. The highest BCUT2D eigenvalue weighted by atomic mass is 35.5. The molecule has 0 bridgehead atoms. The summed E-state index contributed by atoms with van der Waals surface area (Å²) in [7, 11) is 0. The predicted molar refractivity (Wildman–Crippen MR) is 139 cm³/mol. The molecule has 34 heavy (non-hydrogen) atoms. The number of carbonyl (C=O) groups is 1. The zero-order chi connectivity index (χ0) is 24.3. The molecule has 0 aromatic heterocycles. The van der Waals surface area contributed by atoms with Crippen LogP contribution in [-0.2, 0) is 20.7 Å². The maximum absolute atomic E-state index is 12.0. The van der Waals surface area contributed by atoms with Gasteiger partial charge in [-0.2, -0.15) is 0 Å². The molecule has 0 N–H and O–H groups in total. The highest BCUT2D eigenvalue weighted by Crippen LogP contribution is 2.33. The first kappa shape index (κ1) is 25.8. The van der Waals surface area contributed by atoms with Crippen molar-refractivity contribution < 1.29 is 19.0 Å². The van der Waals surface area contributed by atoms with Gasteiger partial charge in [0.15, 0.2) is 6.10 Å². The van der Waals surface area contributed by atoms with Gasteiger partial charge in [0, 0.05) is 18.6 Å². The molecule has 0 aliphatic heterocycles. The maximum atomic E-state index is 12.0. The second-order valence-corrected chi connectivity index (χ2v) is 8.27. The van der Waals surface area contributed by atoms with E-state index in [1.54, 1.807) is 13.0 Å². The quantitative estimate of drug-likeness (QED) is 0.261. The van der Waals surface area contributed by atoms with Crippen molar-refractivity contribution in [3.8, 4) is 16.9 Å². The molecular weight excluding hydrogens is 471 g/mol. The Bertz CT molecular complexity index is 1090. The van der Waals surface area contributed by atoms with Crippen LogP contribution in [-0.4, -0.2) is 31.9 Å². The Morgan fingerprint density at radius 1 is 0.941 bits per heavy atom. The van der Waals surface area contributed by atoms with Gasteiger partial charge in [-0.15, -0.1) is 0 Å². The van der Waals surface area contributed by atoms with Gasteiger partial charge in [0.05, 0.1) is 16.7 Å². The first-order chi connectivity index (χ1) is 16.5. The number of hydrogen-bond acceptors (Lipinski definition) is 4. The smallest absolute Gasteiger partial charge is 0.335 e. The number of benzene rings is 3. The summed E-state index contributed by atoms with van der Waals surface area (Å²) in [5.74, 6) is 0.418. The standard InChI is InChI=1S/C28H28Cl2O4/c1-3-32-26(28(31)33-4-2)19-21-12-16-23(17-13-21)34-18-6-7-20-10-14-22(15-11-20)24-8-5-9-25(29)27(24)30/h5-17,26H,3-4,18-19H2,1-2H3. The van der Waals surface area contributed by atoms with Gasteiger partial charge < -0.3 is 14.2 Å². The van der Waals surface area contributed by atoms with E-state index in [4.69, 9.17) is 37.4 Å². The third-order valence-corrected chi connectivity index (χ3v) is 5.91. The highest BCUT2D eigenvalue weighted by molar-refractivity contribution is 6.43. The van der Waals surface area contributed by atoms with Crippen LogP contribution < -0.4 is 4.74 Å². The summed E-state index contributed by atoms with van der Waals surface area (Å²) in [4.78, 5) is 12.0. The van der Waals surface area contributed by atoms with Gasteiger partial charge in [0.1, 0.15) is 12.4 Å². The molecule has 6 heteroatoms. The lowest BCUT2D eigenvalue weighted by Gasteiger charge is -2.15. The average molecular weight is 499 g/mol. The van der Waals surface area contributed by atoms with Crippen molar-refractivity contribution in [3.05, 3.63) is 94.0 Å². The molecule has 0 spiro atoms. The van der Waals surface area contributed by atoms with E-state index in [1.807, 2.05) is 79.7 Å². The third kappa shape index (κ3) is 7.36. The van der Waals surface area contributed by atoms with Gasteiger partial charge in [-0.05, 0) is 54.8 Å². The van der Waals surface area contributed by atoms with Crippen molar-refractivity contribution in [2.24, 2.45) is 0 Å². The molecule has 1 unspecified atom stereocenters. The van der Waals surface area contributed by atoms with Crippen molar-refractivity contribution in [2.45, 2.75) is 26.4 Å². The van der Waals surface area contributed by atoms with Gasteiger partial charge in [0.2, 0.25) is 0 Å². The summed E-state index contributed by atoms with van der Waals surface area (Å²) in [5.41, 5.74) is 3.96. The Balaban J connectivity index is 1.51. The minimum absolute atomic E-state index is 0.335. The second-order valence-electron chi connectivity index (χ2n) is 7.48. The molecule has 4 nitrogen and oxygen atoms in total. The lowest BCUT2D eigenvalue weighted by molar-refractivity contribution is -0.156. The third-order valence-electron chi connectivity index (χ3n) is 5.09. The number of halogens is 2. The number of carbonyl (C=O) groups excluding carboxylic acids is 1. The summed E-state index contributed by atoms with van der Waals surface area (Å²) in [6, 6.07) is 21.3. The summed E-state index contributed by atoms with van der Waals surface area (Å²) in [6.45, 7) is 4.87. The van der Waals surface area contributed by atoms with Crippen molar-refractivity contribution in [1.82, 2.24) is 0 Å². The fourth-order valence-corrected chi connectivity index (χ4v) is 3.82. The highest BCUT2D eigenvalue weighted by Gasteiger charge is 2.20. The predicted octanol–water partition coefficient (Wildman–Crippen LogP) is 7.26. The summed E-state index contributed by atoms with van der Waals surface area (Å²) >= 11 is 12.4. The van der Waals surface area contributed by atoms with Gasteiger partial charge in [0.25, 0.3) is 0 Å². The first-order valence-electron chi connectivity index (χ1n) is 11.2. The van der Waals surface area contributed by atoms with Gasteiger partial charge in [-0.25, -0.2) is 4.79 Å². The Labute approximate surface area is 211 Å². The molecule has 0 fully saturated rings. The number of rotatable bonds is 11. The van der Waals surface area contributed by atoms with Crippen molar-refractivity contribution in [3.63, 3.8) is 0 Å². The molecule has 3 rings (SSSR count). The van der Waals surface area contributed by atoms with E-state index in [9.17, 15) is 4.79 Å². The zero-order valence-corrected chi connectivity index (χ0v) is 20.8. The van der Waals surface area contributed by atoms with Crippen molar-refractivity contribution in [1.29, 1.82) is 0 Å². The monoisotopic (exact) mass is 498 g/mol. The fraction of sp³-hybridized carbons (Fsp3) is 0.250.